The lowest BCUT2D eigenvalue weighted by molar-refractivity contribution is 0.572. The molecular formula is C14H13F2N3. The molecule has 0 atom stereocenters. The Labute approximate surface area is 109 Å². The summed E-state index contributed by atoms with van der Waals surface area (Å²) in [5, 5.41) is 3.26. The Morgan fingerprint density at radius 1 is 1.21 bits per heavy atom. The van der Waals surface area contributed by atoms with Gasteiger partial charge in [-0.1, -0.05) is 6.07 Å². The van der Waals surface area contributed by atoms with Crippen molar-refractivity contribution in [3.63, 3.8) is 0 Å². The lowest BCUT2D eigenvalue weighted by Gasteiger charge is -2.18. The highest BCUT2D eigenvalue weighted by atomic mass is 19.1. The predicted molar refractivity (Wildman–Crippen MR) is 66.6 cm³/mol. The molecule has 0 bridgehead atoms. The van der Waals surface area contributed by atoms with Gasteiger partial charge in [0.15, 0.2) is 0 Å². The maximum absolute atomic E-state index is 13.7. The van der Waals surface area contributed by atoms with Crippen molar-refractivity contribution in [2.24, 2.45) is 0 Å². The standard InChI is InChI=1S/C14H13F2N3/c15-10-2-1-9(12(16)6-10)5-14-11-7-17-4-3-13(11)18-8-19-14/h1-2,6,8,17H,3-5,7H2. The first kappa shape index (κ1) is 12.2. The molecule has 2 aromatic rings. The van der Waals surface area contributed by atoms with Crippen LogP contribution in [0.15, 0.2) is 24.5 Å². The SMILES string of the molecule is Fc1ccc(Cc2ncnc3c2CNCC3)c(F)c1. The van der Waals surface area contributed by atoms with Crippen molar-refractivity contribution in [1.29, 1.82) is 0 Å². The van der Waals surface area contributed by atoms with Gasteiger partial charge in [0.05, 0.1) is 5.69 Å². The van der Waals surface area contributed by atoms with Gasteiger partial charge in [-0.15, -0.1) is 0 Å². The molecule has 0 unspecified atom stereocenters. The highest BCUT2D eigenvalue weighted by molar-refractivity contribution is 5.32. The molecule has 5 heteroatoms. The highest BCUT2D eigenvalue weighted by Gasteiger charge is 2.16. The molecule has 19 heavy (non-hydrogen) atoms. The minimum atomic E-state index is -0.562. The molecule has 2 heterocycles. The summed E-state index contributed by atoms with van der Waals surface area (Å²) in [7, 11) is 0. The fraction of sp³-hybridized carbons (Fsp3) is 0.286. The second-order valence-electron chi connectivity index (χ2n) is 4.58. The van der Waals surface area contributed by atoms with Gasteiger partial charge in [-0.25, -0.2) is 18.7 Å². The van der Waals surface area contributed by atoms with E-state index in [4.69, 9.17) is 0 Å². The van der Waals surface area contributed by atoms with E-state index in [1.165, 1.54) is 18.5 Å². The van der Waals surface area contributed by atoms with E-state index in [1.807, 2.05) is 0 Å². The van der Waals surface area contributed by atoms with E-state index >= 15 is 0 Å². The van der Waals surface area contributed by atoms with E-state index in [9.17, 15) is 8.78 Å². The molecule has 0 aliphatic carbocycles. The van der Waals surface area contributed by atoms with Crippen LogP contribution < -0.4 is 5.32 Å². The van der Waals surface area contributed by atoms with Crippen molar-refractivity contribution in [1.82, 2.24) is 15.3 Å². The first-order chi connectivity index (χ1) is 9.24. The summed E-state index contributed by atoms with van der Waals surface area (Å²) in [6.45, 7) is 1.60. The maximum atomic E-state index is 13.7. The van der Waals surface area contributed by atoms with Gasteiger partial charge in [0.2, 0.25) is 0 Å². The molecule has 0 radical (unpaired) electrons. The molecule has 0 fully saturated rings. The van der Waals surface area contributed by atoms with Gasteiger partial charge in [-0.2, -0.15) is 0 Å². The molecule has 0 spiro atoms. The van der Waals surface area contributed by atoms with Crippen LogP contribution in [0.4, 0.5) is 8.78 Å². The third-order valence-corrected chi connectivity index (χ3v) is 3.34. The Kier molecular flexibility index (Phi) is 3.21. The quantitative estimate of drug-likeness (QED) is 0.898. The van der Waals surface area contributed by atoms with E-state index in [0.717, 1.165) is 36.0 Å². The van der Waals surface area contributed by atoms with Gasteiger partial charge in [0, 0.05) is 43.3 Å². The van der Waals surface area contributed by atoms with Gasteiger partial charge in [-0.3, -0.25) is 0 Å². The minimum Gasteiger partial charge on any atom is -0.312 e. The van der Waals surface area contributed by atoms with Gasteiger partial charge in [0.1, 0.15) is 18.0 Å². The molecule has 1 aliphatic rings. The van der Waals surface area contributed by atoms with Crippen molar-refractivity contribution in [3.8, 4) is 0 Å². The fourth-order valence-corrected chi connectivity index (χ4v) is 2.33. The fourth-order valence-electron chi connectivity index (χ4n) is 2.33. The number of nitrogens with one attached hydrogen (secondary N) is 1. The molecule has 3 rings (SSSR count). The first-order valence-corrected chi connectivity index (χ1v) is 6.20. The molecule has 1 aromatic carbocycles. The van der Waals surface area contributed by atoms with Crippen LogP contribution in [0.5, 0.6) is 0 Å². The minimum absolute atomic E-state index is 0.360. The van der Waals surface area contributed by atoms with Crippen LogP contribution in [-0.2, 0) is 19.4 Å². The van der Waals surface area contributed by atoms with Crippen LogP contribution in [0, 0.1) is 11.6 Å². The number of halogens is 2. The summed E-state index contributed by atoms with van der Waals surface area (Å²) >= 11 is 0. The molecule has 0 amide bonds. The summed E-state index contributed by atoms with van der Waals surface area (Å²) in [5.41, 5.74) is 3.32. The third kappa shape index (κ3) is 2.46. The second kappa shape index (κ2) is 5.01. The Hall–Kier alpha value is -1.88. The van der Waals surface area contributed by atoms with Crippen molar-refractivity contribution in [3.05, 3.63) is 58.7 Å². The van der Waals surface area contributed by atoms with Gasteiger partial charge < -0.3 is 5.32 Å². The number of hydrogen-bond acceptors (Lipinski definition) is 3. The Balaban J connectivity index is 1.95. The monoisotopic (exact) mass is 261 g/mol. The van der Waals surface area contributed by atoms with E-state index in [1.54, 1.807) is 0 Å². The van der Waals surface area contributed by atoms with E-state index in [0.29, 0.717) is 18.5 Å². The summed E-state index contributed by atoms with van der Waals surface area (Å²) in [6.07, 6.45) is 2.73. The van der Waals surface area contributed by atoms with E-state index in [-0.39, 0.29) is 0 Å². The summed E-state index contributed by atoms with van der Waals surface area (Å²) in [6, 6.07) is 3.64. The van der Waals surface area contributed by atoms with Crippen molar-refractivity contribution < 1.29 is 8.78 Å². The predicted octanol–water partition coefficient (Wildman–Crippen LogP) is 1.99. The Morgan fingerprint density at radius 3 is 2.95 bits per heavy atom. The Bertz CT molecular complexity index is 614. The van der Waals surface area contributed by atoms with Crippen LogP contribution >= 0.6 is 0 Å². The molecule has 1 aliphatic heterocycles. The van der Waals surface area contributed by atoms with E-state index < -0.39 is 11.6 Å². The molecule has 1 aromatic heterocycles. The number of hydrogen-bond donors (Lipinski definition) is 1. The van der Waals surface area contributed by atoms with Crippen LogP contribution in [0.1, 0.15) is 22.5 Å². The maximum Gasteiger partial charge on any atom is 0.129 e. The number of nitrogens with zero attached hydrogens (tertiary/aromatic N) is 2. The average Bonchev–Trinajstić information content (AvgIpc) is 2.42. The van der Waals surface area contributed by atoms with Crippen LogP contribution in [0.2, 0.25) is 0 Å². The second-order valence-corrected chi connectivity index (χ2v) is 4.58. The molecule has 0 saturated heterocycles. The summed E-state index contributed by atoms with van der Waals surface area (Å²) in [4.78, 5) is 8.49. The lowest BCUT2D eigenvalue weighted by Crippen LogP contribution is -2.26. The van der Waals surface area contributed by atoms with Gasteiger partial charge in [0.25, 0.3) is 0 Å². The normalized spacial score (nSPS) is 14.2. The number of benzene rings is 1. The summed E-state index contributed by atoms with van der Waals surface area (Å²) in [5.74, 6) is -1.09. The van der Waals surface area contributed by atoms with Crippen molar-refractivity contribution in [2.75, 3.05) is 6.54 Å². The Morgan fingerprint density at radius 2 is 2.11 bits per heavy atom. The molecular weight excluding hydrogens is 248 g/mol. The molecule has 98 valence electrons. The first-order valence-electron chi connectivity index (χ1n) is 6.20. The zero-order valence-electron chi connectivity index (χ0n) is 10.3. The topological polar surface area (TPSA) is 37.8 Å². The number of fused-ring (bicyclic) bond motifs is 1. The summed E-state index contributed by atoms with van der Waals surface area (Å²) < 4.78 is 26.6. The molecule has 0 saturated carbocycles. The van der Waals surface area contributed by atoms with E-state index in [2.05, 4.69) is 15.3 Å². The zero-order chi connectivity index (χ0) is 13.2. The zero-order valence-corrected chi connectivity index (χ0v) is 10.3. The third-order valence-electron chi connectivity index (χ3n) is 3.34. The van der Waals surface area contributed by atoms with Crippen LogP contribution in [0.3, 0.4) is 0 Å². The van der Waals surface area contributed by atoms with Crippen LogP contribution in [0.25, 0.3) is 0 Å². The average molecular weight is 261 g/mol. The number of aromatic nitrogens is 2. The lowest BCUT2D eigenvalue weighted by atomic mass is 10.0. The smallest absolute Gasteiger partial charge is 0.129 e. The van der Waals surface area contributed by atoms with Crippen molar-refractivity contribution in [2.45, 2.75) is 19.4 Å². The largest absolute Gasteiger partial charge is 0.312 e. The van der Waals surface area contributed by atoms with Crippen LogP contribution in [-0.4, -0.2) is 16.5 Å². The van der Waals surface area contributed by atoms with Gasteiger partial charge in [-0.05, 0) is 11.6 Å². The molecule has 3 nitrogen and oxygen atoms in total. The number of rotatable bonds is 2. The highest BCUT2D eigenvalue weighted by Crippen LogP contribution is 2.19. The van der Waals surface area contributed by atoms with Crippen molar-refractivity contribution >= 4 is 0 Å². The van der Waals surface area contributed by atoms with Gasteiger partial charge >= 0.3 is 0 Å². The molecule has 1 N–H and O–H groups in total.